The average molecular weight is 416 g/mol. The number of aromatic nitrogens is 5. The largest absolute Gasteiger partial charge is 0.380 e. The fraction of sp³-hybridized carbons (Fsp3) is 0.235. The van der Waals surface area contributed by atoms with Crippen molar-refractivity contribution in [2.45, 2.75) is 29.8 Å². The highest BCUT2D eigenvalue weighted by molar-refractivity contribution is 7.89. The Morgan fingerprint density at radius 3 is 2.68 bits per heavy atom. The molecular formula is C17H16N6O3S2. The molecule has 0 aliphatic heterocycles. The van der Waals surface area contributed by atoms with Crippen LogP contribution in [0, 0.1) is 0 Å². The van der Waals surface area contributed by atoms with E-state index in [1.54, 1.807) is 42.2 Å². The van der Waals surface area contributed by atoms with Gasteiger partial charge >= 0.3 is 0 Å². The number of hydrogen-bond donors (Lipinski definition) is 2. The number of primary sulfonamides is 1. The predicted octanol–water partition coefficient (Wildman–Crippen LogP) is 1.58. The Bertz CT molecular complexity index is 1270. The number of nitrogens with zero attached hydrogens (tertiary/aromatic N) is 5. The van der Waals surface area contributed by atoms with Gasteiger partial charge in [-0.25, -0.2) is 23.2 Å². The van der Waals surface area contributed by atoms with Gasteiger partial charge in [0.2, 0.25) is 10.0 Å². The summed E-state index contributed by atoms with van der Waals surface area (Å²) in [5.41, 5.74) is 1.81. The third-order valence-corrected chi connectivity index (χ3v) is 6.96. The first-order valence-electron chi connectivity index (χ1n) is 8.60. The molecule has 9 nitrogen and oxygen atoms in total. The second kappa shape index (κ2) is 6.21. The van der Waals surface area contributed by atoms with Crippen LogP contribution in [0.4, 0.5) is 0 Å². The molecular weight excluding hydrogens is 400 g/mol. The highest BCUT2D eigenvalue weighted by atomic mass is 32.2. The van der Waals surface area contributed by atoms with E-state index in [-0.39, 0.29) is 4.90 Å². The van der Waals surface area contributed by atoms with Crippen LogP contribution in [0.5, 0.6) is 0 Å². The summed E-state index contributed by atoms with van der Waals surface area (Å²) in [7, 11) is -3.75. The first-order chi connectivity index (χ1) is 13.4. The zero-order chi connectivity index (χ0) is 19.5. The second-order valence-corrected chi connectivity index (χ2v) is 9.38. The van der Waals surface area contributed by atoms with Gasteiger partial charge in [0.25, 0.3) is 0 Å². The average Bonchev–Trinajstić information content (AvgIpc) is 3.07. The minimum atomic E-state index is -3.75. The number of imidazole rings is 1. The van der Waals surface area contributed by atoms with Crippen molar-refractivity contribution in [1.82, 2.24) is 24.4 Å². The molecule has 0 bridgehead atoms. The van der Waals surface area contributed by atoms with Crippen molar-refractivity contribution in [3.05, 3.63) is 59.3 Å². The molecule has 1 unspecified atom stereocenters. The Morgan fingerprint density at radius 1 is 1.25 bits per heavy atom. The summed E-state index contributed by atoms with van der Waals surface area (Å²) in [6, 6.07) is 5.97. The molecule has 0 saturated heterocycles. The van der Waals surface area contributed by atoms with Gasteiger partial charge in [-0.2, -0.15) is 0 Å². The summed E-state index contributed by atoms with van der Waals surface area (Å²) in [5, 5.41) is 24.3. The SMILES string of the molecule is NS(=O)(=O)c1ccc(-n2cc(C(O)c3c(C4CC4)sc4cncn34)nn2)cc1. The highest BCUT2D eigenvalue weighted by Crippen LogP contribution is 2.47. The van der Waals surface area contributed by atoms with E-state index in [0.717, 1.165) is 28.2 Å². The van der Waals surface area contributed by atoms with E-state index in [4.69, 9.17) is 5.14 Å². The minimum absolute atomic E-state index is 0.0199. The van der Waals surface area contributed by atoms with Crippen LogP contribution in [0.25, 0.3) is 10.5 Å². The van der Waals surface area contributed by atoms with Crippen LogP contribution in [0.2, 0.25) is 0 Å². The Morgan fingerprint density at radius 2 is 2.00 bits per heavy atom. The topological polar surface area (TPSA) is 128 Å². The lowest BCUT2D eigenvalue weighted by atomic mass is 10.1. The number of fused-ring (bicyclic) bond motifs is 1. The molecule has 0 radical (unpaired) electrons. The summed E-state index contributed by atoms with van der Waals surface area (Å²) in [4.78, 5) is 6.33. The minimum Gasteiger partial charge on any atom is -0.380 e. The first kappa shape index (κ1) is 17.5. The summed E-state index contributed by atoms with van der Waals surface area (Å²) in [6.45, 7) is 0. The Balaban J connectivity index is 1.50. The van der Waals surface area contributed by atoms with Gasteiger partial charge in [0.15, 0.2) is 0 Å². The maximum atomic E-state index is 11.4. The lowest BCUT2D eigenvalue weighted by molar-refractivity contribution is 0.208. The molecule has 0 amide bonds. The highest BCUT2D eigenvalue weighted by Gasteiger charge is 2.33. The van der Waals surface area contributed by atoms with Gasteiger partial charge in [0, 0.05) is 4.88 Å². The van der Waals surface area contributed by atoms with E-state index in [1.807, 2.05) is 4.40 Å². The predicted molar refractivity (Wildman–Crippen MR) is 102 cm³/mol. The lowest BCUT2D eigenvalue weighted by Crippen LogP contribution is -2.12. The molecule has 144 valence electrons. The summed E-state index contributed by atoms with van der Waals surface area (Å²) >= 11 is 1.65. The molecule has 1 aliphatic carbocycles. The van der Waals surface area contributed by atoms with Crippen molar-refractivity contribution in [3.63, 3.8) is 0 Å². The van der Waals surface area contributed by atoms with E-state index in [9.17, 15) is 13.5 Å². The van der Waals surface area contributed by atoms with Crippen LogP contribution < -0.4 is 5.14 Å². The lowest BCUT2D eigenvalue weighted by Gasteiger charge is -2.09. The van der Waals surface area contributed by atoms with Gasteiger partial charge in [0.05, 0.1) is 28.7 Å². The fourth-order valence-electron chi connectivity index (χ4n) is 3.18. The number of hydrogen-bond acceptors (Lipinski definition) is 7. The molecule has 1 atom stereocenters. The fourth-order valence-corrected chi connectivity index (χ4v) is 5.00. The molecule has 5 rings (SSSR count). The molecule has 3 N–H and O–H groups in total. The van der Waals surface area contributed by atoms with E-state index in [1.165, 1.54) is 16.8 Å². The normalized spacial score (nSPS) is 15.9. The van der Waals surface area contributed by atoms with Crippen LogP contribution in [0.1, 0.15) is 41.1 Å². The summed E-state index contributed by atoms with van der Waals surface area (Å²) in [6.07, 6.45) is 6.44. The van der Waals surface area contributed by atoms with Gasteiger partial charge in [-0.05, 0) is 43.0 Å². The van der Waals surface area contributed by atoms with E-state index in [0.29, 0.717) is 17.3 Å². The zero-order valence-corrected chi connectivity index (χ0v) is 16.1. The van der Waals surface area contributed by atoms with Crippen LogP contribution in [-0.4, -0.2) is 37.9 Å². The smallest absolute Gasteiger partial charge is 0.238 e. The number of rotatable bonds is 5. The quantitative estimate of drug-likeness (QED) is 0.508. The number of aliphatic hydroxyl groups excluding tert-OH is 1. The Hall–Kier alpha value is -2.60. The van der Waals surface area contributed by atoms with E-state index >= 15 is 0 Å². The maximum absolute atomic E-state index is 11.4. The van der Waals surface area contributed by atoms with Crippen molar-refractivity contribution in [1.29, 1.82) is 0 Å². The standard InChI is InChI=1S/C17H16N6O3S2/c18-28(25,26)12-5-3-11(4-6-12)23-8-13(20-21-23)16(24)15-17(10-1-2-10)27-14-7-19-9-22(14)15/h3-10,16,24H,1-2H2,(H2,18,25,26). The first-order valence-corrected chi connectivity index (χ1v) is 11.0. The van der Waals surface area contributed by atoms with E-state index in [2.05, 4.69) is 15.3 Å². The summed E-state index contributed by atoms with van der Waals surface area (Å²) in [5.74, 6) is 0.482. The van der Waals surface area contributed by atoms with Gasteiger partial charge in [-0.3, -0.25) is 4.40 Å². The third kappa shape index (κ3) is 2.92. The molecule has 1 fully saturated rings. The molecule has 11 heteroatoms. The Kier molecular flexibility index (Phi) is 3.88. The van der Waals surface area contributed by atoms with Gasteiger partial charge in [-0.15, -0.1) is 16.4 Å². The molecule has 1 aliphatic rings. The van der Waals surface area contributed by atoms with Gasteiger partial charge in [0.1, 0.15) is 23.0 Å². The van der Waals surface area contributed by atoms with Crippen LogP contribution in [-0.2, 0) is 10.0 Å². The number of nitrogens with two attached hydrogens (primary N) is 1. The van der Waals surface area contributed by atoms with Gasteiger partial charge in [-0.1, -0.05) is 5.21 Å². The molecule has 1 aromatic carbocycles. The van der Waals surface area contributed by atoms with Gasteiger partial charge < -0.3 is 5.11 Å². The molecule has 3 aromatic heterocycles. The number of benzene rings is 1. The third-order valence-electron chi connectivity index (χ3n) is 4.76. The van der Waals surface area contributed by atoms with E-state index < -0.39 is 16.1 Å². The zero-order valence-electron chi connectivity index (χ0n) is 14.5. The monoisotopic (exact) mass is 416 g/mol. The molecule has 28 heavy (non-hydrogen) atoms. The molecule has 1 saturated carbocycles. The number of thiazole rings is 1. The molecule has 0 spiro atoms. The van der Waals surface area contributed by atoms with Crippen molar-refractivity contribution in [2.75, 3.05) is 0 Å². The molecule has 4 aromatic rings. The second-order valence-electron chi connectivity index (χ2n) is 6.76. The van der Waals surface area contributed by atoms with Crippen molar-refractivity contribution >= 4 is 26.2 Å². The molecule has 3 heterocycles. The number of sulfonamides is 1. The van der Waals surface area contributed by atoms with Crippen molar-refractivity contribution < 1.29 is 13.5 Å². The number of aliphatic hydroxyl groups is 1. The van der Waals surface area contributed by atoms with Crippen molar-refractivity contribution in [3.8, 4) is 5.69 Å². The Labute approximate surface area is 164 Å². The maximum Gasteiger partial charge on any atom is 0.238 e. The summed E-state index contributed by atoms with van der Waals surface area (Å²) < 4.78 is 26.2. The van der Waals surface area contributed by atoms with Crippen LogP contribution >= 0.6 is 11.3 Å². The van der Waals surface area contributed by atoms with Crippen LogP contribution in [0.3, 0.4) is 0 Å². The van der Waals surface area contributed by atoms with Crippen molar-refractivity contribution in [2.24, 2.45) is 5.14 Å². The van der Waals surface area contributed by atoms with Crippen LogP contribution in [0.15, 0.2) is 47.9 Å².